The molecule has 0 aromatic heterocycles. The van der Waals surface area contributed by atoms with E-state index in [1.54, 1.807) is 13.8 Å². The monoisotopic (exact) mass is 201 g/mol. The van der Waals surface area contributed by atoms with Gasteiger partial charge >= 0.3 is 5.97 Å². The van der Waals surface area contributed by atoms with Gasteiger partial charge in [-0.25, -0.2) is 4.79 Å². The predicted molar refractivity (Wildman–Crippen MR) is 54.9 cm³/mol. The van der Waals surface area contributed by atoms with Gasteiger partial charge in [0.05, 0.1) is 6.10 Å². The second-order valence-electron chi connectivity index (χ2n) is 3.33. The molecule has 0 radical (unpaired) electrons. The number of aliphatic hydroxyl groups excluding tert-OH is 1. The minimum Gasteiger partial charge on any atom is -0.460 e. The molecule has 4 heteroatoms. The van der Waals surface area contributed by atoms with Gasteiger partial charge in [-0.3, -0.25) is 0 Å². The fourth-order valence-corrected chi connectivity index (χ4v) is 0.496. The number of aliphatic hydroxyl groups is 1. The highest BCUT2D eigenvalue weighted by Gasteiger charge is 2.03. The molecular formula is C10H19NO3. The zero-order valence-electron chi connectivity index (χ0n) is 8.88. The highest BCUT2D eigenvalue weighted by atomic mass is 16.5. The fourth-order valence-electron chi connectivity index (χ4n) is 0.496. The van der Waals surface area contributed by atoms with Crippen molar-refractivity contribution >= 4 is 5.97 Å². The van der Waals surface area contributed by atoms with Gasteiger partial charge in [0.25, 0.3) is 0 Å². The first-order valence-electron chi connectivity index (χ1n) is 4.75. The molecule has 1 saturated heterocycles. The van der Waals surface area contributed by atoms with Crippen molar-refractivity contribution in [1.29, 1.82) is 0 Å². The summed E-state index contributed by atoms with van der Waals surface area (Å²) < 4.78 is 4.58. The van der Waals surface area contributed by atoms with Gasteiger partial charge in [0.1, 0.15) is 6.61 Å². The van der Waals surface area contributed by atoms with Crippen LogP contribution in [0, 0.1) is 0 Å². The third-order valence-electron chi connectivity index (χ3n) is 1.51. The molecule has 0 aliphatic carbocycles. The molecule has 0 amide bonds. The molecule has 0 bridgehead atoms. The minimum absolute atomic E-state index is 0.0334. The van der Waals surface area contributed by atoms with E-state index in [0.29, 0.717) is 5.57 Å². The third-order valence-corrected chi connectivity index (χ3v) is 1.51. The summed E-state index contributed by atoms with van der Waals surface area (Å²) in [5, 5.41) is 11.8. The van der Waals surface area contributed by atoms with Crippen molar-refractivity contribution in [3.63, 3.8) is 0 Å². The number of nitrogens with one attached hydrogen (secondary N) is 1. The fraction of sp³-hybridized carbons (Fsp3) is 0.700. The Bertz CT molecular complexity index is 182. The van der Waals surface area contributed by atoms with Crippen LogP contribution in [0.25, 0.3) is 0 Å². The van der Waals surface area contributed by atoms with Gasteiger partial charge < -0.3 is 15.2 Å². The number of esters is 1. The van der Waals surface area contributed by atoms with Crippen molar-refractivity contribution in [2.75, 3.05) is 19.7 Å². The second kappa shape index (κ2) is 7.53. The van der Waals surface area contributed by atoms with Gasteiger partial charge in [-0.2, -0.15) is 0 Å². The Morgan fingerprint density at radius 3 is 2.29 bits per heavy atom. The van der Waals surface area contributed by atoms with Crippen LogP contribution in [0.5, 0.6) is 0 Å². The molecule has 1 unspecified atom stereocenters. The van der Waals surface area contributed by atoms with Gasteiger partial charge in [-0.05, 0) is 33.4 Å². The Labute approximate surface area is 85.0 Å². The van der Waals surface area contributed by atoms with E-state index >= 15 is 0 Å². The zero-order valence-corrected chi connectivity index (χ0v) is 8.88. The summed E-state index contributed by atoms with van der Waals surface area (Å²) in [6.45, 7) is 9.02. The van der Waals surface area contributed by atoms with Crippen LogP contribution in [0.3, 0.4) is 0 Å². The van der Waals surface area contributed by atoms with Crippen LogP contribution >= 0.6 is 0 Å². The summed E-state index contributed by atoms with van der Waals surface area (Å²) in [5.41, 5.74) is 0.348. The lowest BCUT2D eigenvalue weighted by Gasteiger charge is -2.09. The van der Waals surface area contributed by atoms with E-state index in [-0.39, 0.29) is 6.61 Å². The van der Waals surface area contributed by atoms with Gasteiger partial charge in [0, 0.05) is 5.57 Å². The van der Waals surface area contributed by atoms with Crippen LogP contribution in [0.15, 0.2) is 12.2 Å². The van der Waals surface area contributed by atoms with Crippen LogP contribution in [0.4, 0.5) is 0 Å². The molecular weight excluding hydrogens is 182 g/mol. The molecule has 2 N–H and O–H groups in total. The Morgan fingerprint density at radius 2 is 2.07 bits per heavy atom. The smallest absolute Gasteiger partial charge is 0.333 e. The van der Waals surface area contributed by atoms with Crippen LogP contribution in [0.1, 0.15) is 20.3 Å². The number of carbonyl (C=O) groups excluding carboxylic acids is 1. The number of hydrogen-bond acceptors (Lipinski definition) is 4. The molecule has 1 aliphatic rings. The van der Waals surface area contributed by atoms with E-state index in [1.165, 1.54) is 19.5 Å². The molecule has 1 fully saturated rings. The van der Waals surface area contributed by atoms with Crippen LogP contribution in [-0.2, 0) is 9.53 Å². The Balaban J connectivity index is 0.000000344. The van der Waals surface area contributed by atoms with Crippen LogP contribution < -0.4 is 5.32 Å². The average molecular weight is 201 g/mol. The molecule has 1 atom stereocenters. The largest absolute Gasteiger partial charge is 0.460 e. The number of carbonyl (C=O) groups is 1. The lowest BCUT2D eigenvalue weighted by atomic mass is 10.3. The summed E-state index contributed by atoms with van der Waals surface area (Å²) in [7, 11) is 0. The van der Waals surface area contributed by atoms with E-state index in [0.717, 1.165) is 0 Å². The maximum Gasteiger partial charge on any atom is 0.333 e. The van der Waals surface area contributed by atoms with Crippen molar-refractivity contribution in [3.8, 4) is 0 Å². The number of hydrogen-bond donors (Lipinski definition) is 2. The summed E-state index contributed by atoms with van der Waals surface area (Å²) in [6, 6.07) is 0. The van der Waals surface area contributed by atoms with Crippen LogP contribution in [-0.4, -0.2) is 36.9 Å². The van der Waals surface area contributed by atoms with Gasteiger partial charge in [-0.15, -0.1) is 0 Å². The van der Waals surface area contributed by atoms with E-state index in [1.807, 2.05) is 0 Å². The van der Waals surface area contributed by atoms with Crippen molar-refractivity contribution < 1.29 is 14.6 Å². The summed E-state index contributed by atoms with van der Waals surface area (Å²) >= 11 is 0. The molecule has 0 spiro atoms. The molecule has 82 valence electrons. The Morgan fingerprint density at radius 1 is 1.64 bits per heavy atom. The molecule has 4 nitrogen and oxygen atoms in total. The molecule has 0 aromatic carbocycles. The number of ether oxygens (including phenoxy) is 1. The highest BCUT2D eigenvalue weighted by Crippen LogP contribution is 1.92. The van der Waals surface area contributed by atoms with Crippen molar-refractivity contribution in [2.45, 2.75) is 26.4 Å². The van der Waals surface area contributed by atoms with Crippen molar-refractivity contribution in [3.05, 3.63) is 12.2 Å². The Kier molecular flexibility index (Phi) is 7.06. The molecule has 1 heterocycles. The molecule has 1 rings (SSSR count). The normalized spacial score (nSPS) is 15.6. The van der Waals surface area contributed by atoms with E-state index < -0.39 is 12.1 Å². The van der Waals surface area contributed by atoms with Gasteiger partial charge in [0.2, 0.25) is 0 Å². The second-order valence-corrected chi connectivity index (χ2v) is 3.33. The van der Waals surface area contributed by atoms with Gasteiger partial charge in [-0.1, -0.05) is 6.58 Å². The SMILES string of the molecule is C1CNC1.C=C(C)C(=O)OCC(C)O. The van der Waals surface area contributed by atoms with Crippen molar-refractivity contribution in [2.24, 2.45) is 0 Å². The quantitative estimate of drug-likeness (QED) is 0.514. The first-order chi connectivity index (χ1) is 6.54. The summed E-state index contributed by atoms with van der Waals surface area (Å²) in [5.74, 6) is -0.457. The molecule has 14 heavy (non-hydrogen) atoms. The lowest BCUT2D eigenvalue weighted by molar-refractivity contribution is -0.141. The Hall–Kier alpha value is -0.870. The van der Waals surface area contributed by atoms with E-state index in [2.05, 4.69) is 16.6 Å². The summed E-state index contributed by atoms with van der Waals surface area (Å²) in [4.78, 5) is 10.6. The molecule has 0 saturated carbocycles. The van der Waals surface area contributed by atoms with E-state index in [9.17, 15) is 4.79 Å². The number of rotatable bonds is 3. The first-order valence-corrected chi connectivity index (χ1v) is 4.75. The van der Waals surface area contributed by atoms with Crippen molar-refractivity contribution in [1.82, 2.24) is 5.32 Å². The average Bonchev–Trinajstić information content (AvgIpc) is 1.96. The topological polar surface area (TPSA) is 58.6 Å². The standard InChI is InChI=1S/C7H12O3.C3H7N/c1-5(2)7(9)10-4-6(3)8;1-2-4-3-1/h6,8H,1,4H2,2-3H3;4H,1-3H2. The predicted octanol–water partition coefficient (Wildman–Crippen LogP) is 0.466. The summed E-state index contributed by atoms with van der Waals surface area (Å²) in [6.07, 6.45) is 0.781. The lowest BCUT2D eigenvalue weighted by Crippen LogP contribution is -2.29. The van der Waals surface area contributed by atoms with Gasteiger partial charge in [0.15, 0.2) is 0 Å². The third kappa shape index (κ3) is 7.76. The molecule has 1 aliphatic heterocycles. The van der Waals surface area contributed by atoms with Crippen LogP contribution in [0.2, 0.25) is 0 Å². The highest BCUT2D eigenvalue weighted by molar-refractivity contribution is 5.86. The maximum absolute atomic E-state index is 10.6. The first kappa shape index (κ1) is 13.1. The molecule has 0 aromatic rings. The zero-order chi connectivity index (χ0) is 11.0. The minimum atomic E-state index is -0.608. The maximum atomic E-state index is 10.6. The van der Waals surface area contributed by atoms with E-state index in [4.69, 9.17) is 5.11 Å².